The predicted octanol–water partition coefficient (Wildman–Crippen LogP) is 3.97. The summed E-state index contributed by atoms with van der Waals surface area (Å²) >= 11 is 12.5. The monoisotopic (exact) mass is 336 g/mol. The van der Waals surface area contributed by atoms with E-state index in [-0.39, 0.29) is 0 Å². The van der Waals surface area contributed by atoms with Gasteiger partial charge in [-0.2, -0.15) is 0 Å². The van der Waals surface area contributed by atoms with Crippen LogP contribution in [0.3, 0.4) is 0 Å². The van der Waals surface area contributed by atoms with Crippen molar-refractivity contribution >= 4 is 54.4 Å². The van der Waals surface area contributed by atoms with Gasteiger partial charge in [-0.1, -0.05) is 27.5 Å². The standard InChI is InChI=1S/C9H3Br2ClO2/c10-4-1-5-7(12)3-8(13)14-9(5)6(11)2-4/h1-3H. The lowest BCUT2D eigenvalue weighted by Gasteiger charge is -2.01. The van der Waals surface area contributed by atoms with E-state index < -0.39 is 5.63 Å². The van der Waals surface area contributed by atoms with Crippen molar-refractivity contribution in [3.05, 3.63) is 42.6 Å². The van der Waals surface area contributed by atoms with Gasteiger partial charge < -0.3 is 4.42 Å². The summed E-state index contributed by atoms with van der Waals surface area (Å²) in [6, 6.07) is 4.84. The van der Waals surface area contributed by atoms with Gasteiger partial charge in [0.05, 0.1) is 9.50 Å². The number of benzene rings is 1. The summed E-state index contributed by atoms with van der Waals surface area (Å²) in [6.45, 7) is 0. The third-order valence-electron chi connectivity index (χ3n) is 1.71. The normalized spacial score (nSPS) is 10.8. The number of rotatable bonds is 0. The fourth-order valence-electron chi connectivity index (χ4n) is 1.15. The van der Waals surface area contributed by atoms with Crippen LogP contribution < -0.4 is 5.63 Å². The van der Waals surface area contributed by atoms with Gasteiger partial charge in [0.25, 0.3) is 0 Å². The van der Waals surface area contributed by atoms with Gasteiger partial charge in [-0.05, 0) is 28.1 Å². The molecule has 0 amide bonds. The summed E-state index contributed by atoms with van der Waals surface area (Å²) in [5, 5.41) is 1.09. The first-order valence-electron chi connectivity index (χ1n) is 3.66. The largest absolute Gasteiger partial charge is 0.421 e. The lowest BCUT2D eigenvalue weighted by atomic mass is 10.2. The highest BCUT2D eigenvalue weighted by molar-refractivity contribution is 9.11. The zero-order valence-corrected chi connectivity index (χ0v) is 10.6. The Balaban J connectivity index is 3.01. The van der Waals surface area contributed by atoms with Crippen molar-refractivity contribution < 1.29 is 4.42 Å². The first-order valence-corrected chi connectivity index (χ1v) is 5.63. The first-order chi connectivity index (χ1) is 6.58. The number of hydrogen-bond acceptors (Lipinski definition) is 2. The second kappa shape index (κ2) is 3.68. The average molecular weight is 338 g/mol. The van der Waals surface area contributed by atoms with Crippen LogP contribution in [-0.4, -0.2) is 0 Å². The minimum atomic E-state index is -0.453. The van der Waals surface area contributed by atoms with Crippen LogP contribution in [0.5, 0.6) is 0 Å². The van der Waals surface area contributed by atoms with E-state index in [2.05, 4.69) is 31.9 Å². The maximum absolute atomic E-state index is 11.1. The number of halogens is 3. The van der Waals surface area contributed by atoms with Crippen LogP contribution >= 0.6 is 43.5 Å². The Morgan fingerprint density at radius 3 is 2.64 bits per heavy atom. The Morgan fingerprint density at radius 2 is 1.93 bits per heavy atom. The maximum Gasteiger partial charge on any atom is 0.337 e. The molecule has 0 atom stereocenters. The number of hydrogen-bond donors (Lipinski definition) is 0. The molecule has 0 saturated carbocycles. The second-order valence-electron chi connectivity index (χ2n) is 2.68. The quantitative estimate of drug-likeness (QED) is 0.681. The molecule has 0 aliphatic heterocycles. The van der Waals surface area contributed by atoms with E-state index in [0.717, 1.165) is 4.47 Å². The van der Waals surface area contributed by atoms with Gasteiger partial charge in [-0.25, -0.2) is 4.79 Å². The zero-order chi connectivity index (χ0) is 10.3. The molecule has 0 radical (unpaired) electrons. The van der Waals surface area contributed by atoms with Crippen molar-refractivity contribution in [2.45, 2.75) is 0 Å². The molecule has 0 aliphatic carbocycles. The fraction of sp³-hybridized carbons (Fsp3) is 0. The van der Waals surface area contributed by atoms with Crippen molar-refractivity contribution in [2.75, 3.05) is 0 Å². The van der Waals surface area contributed by atoms with Gasteiger partial charge in [0, 0.05) is 15.9 Å². The molecule has 0 N–H and O–H groups in total. The van der Waals surface area contributed by atoms with Crippen LogP contribution in [0.4, 0.5) is 0 Å². The van der Waals surface area contributed by atoms with E-state index >= 15 is 0 Å². The zero-order valence-electron chi connectivity index (χ0n) is 6.68. The van der Waals surface area contributed by atoms with Gasteiger partial charge in [-0.15, -0.1) is 0 Å². The molecule has 0 unspecified atom stereocenters. The molecule has 0 saturated heterocycles. The van der Waals surface area contributed by atoms with Gasteiger partial charge in [0.15, 0.2) is 5.58 Å². The van der Waals surface area contributed by atoms with Crippen molar-refractivity contribution in [3.8, 4) is 0 Å². The van der Waals surface area contributed by atoms with Crippen LogP contribution in [-0.2, 0) is 0 Å². The molecule has 1 aromatic carbocycles. The van der Waals surface area contributed by atoms with E-state index in [1.165, 1.54) is 6.07 Å². The van der Waals surface area contributed by atoms with Gasteiger partial charge in [-0.3, -0.25) is 0 Å². The van der Waals surface area contributed by atoms with Gasteiger partial charge >= 0.3 is 5.63 Å². The molecule has 0 bridgehead atoms. The summed E-state index contributed by atoms with van der Waals surface area (Å²) in [5.74, 6) is 0. The van der Waals surface area contributed by atoms with Crippen LogP contribution in [0.2, 0.25) is 5.02 Å². The molecule has 1 aromatic heterocycles. The Kier molecular flexibility index (Phi) is 2.68. The van der Waals surface area contributed by atoms with Crippen molar-refractivity contribution in [1.82, 2.24) is 0 Å². The van der Waals surface area contributed by atoms with Crippen LogP contribution in [0.1, 0.15) is 0 Å². The van der Waals surface area contributed by atoms with Crippen LogP contribution in [0.15, 0.2) is 36.4 Å². The molecular formula is C9H3Br2ClO2. The van der Waals surface area contributed by atoms with Crippen LogP contribution in [0, 0.1) is 0 Å². The van der Waals surface area contributed by atoms with Crippen molar-refractivity contribution in [2.24, 2.45) is 0 Å². The highest BCUT2D eigenvalue weighted by Crippen LogP contribution is 2.31. The molecule has 5 heteroatoms. The summed E-state index contributed by atoms with van der Waals surface area (Å²) in [4.78, 5) is 11.1. The van der Waals surface area contributed by atoms with Crippen molar-refractivity contribution in [3.63, 3.8) is 0 Å². The summed E-state index contributed by atoms with van der Waals surface area (Å²) in [7, 11) is 0. The third-order valence-corrected chi connectivity index (χ3v) is 3.07. The molecular weight excluding hydrogens is 335 g/mol. The SMILES string of the molecule is O=c1cc(Cl)c2cc(Br)cc(Br)c2o1. The maximum atomic E-state index is 11.1. The molecule has 1 heterocycles. The lowest BCUT2D eigenvalue weighted by molar-refractivity contribution is 0.559. The average Bonchev–Trinajstić information content (AvgIpc) is 2.07. The minimum absolute atomic E-state index is 0.387. The molecule has 14 heavy (non-hydrogen) atoms. The summed E-state index contributed by atoms with van der Waals surface area (Å²) in [5.41, 5.74) is 0.0104. The Hall–Kier alpha value is -0.320. The van der Waals surface area contributed by atoms with Gasteiger partial charge in [0.1, 0.15) is 0 Å². The Morgan fingerprint density at radius 1 is 1.21 bits per heavy atom. The highest BCUT2D eigenvalue weighted by Gasteiger charge is 2.07. The Bertz CT molecular complexity index is 562. The fourth-order valence-corrected chi connectivity index (χ4v) is 2.69. The minimum Gasteiger partial charge on any atom is -0.421 e. The van der Waals surface area contributed by atoms with E-state index in [1.807, 2.05) is 0 Å². The van der Waals surface area contributed by atoms with Crippen LogP contribution in [0.25, 0.3) is 11.0 Å². The summed E-state index contributed by atoms with van der Waals surface area (Å²) in [6.07, 6.45) is 0. The molecule has 2 aromatic rings. The molecule has 72 valence electrons. The lowest BCUT2D eigenvalue weighted by Crippen LogP contribution is -1.96. The van der Waals surface area contributed by atoms with E-state index in [1.54, 1.807) is 12.1 Å². The molecule has 0 spiro atoms. The second-order valence-corrected chi connectivity index (χ2v) is 4.85. The summed E-state index contributed by atoms with van der Waals surface area (Å²) < 4.78 is 6.58. The predicted molar refractivity (Wildman–Crippen MR) is 62.9 cm³/mol. The Labute approximate surface area is 101 Å². The molecule has 2 nitrogen and oxygen atoms in total. The van der Waals surface area contributed by atoms with E-state index in [4.69, 9.17) is 16.0 Å². The van der Waals surface area contributed by atoms with E-state index in [9.17, 15) is 4.79 Å². The van der Waals surface area contributed by atoms with Crippen molar-refractivity contribution in [1.29, 1.82) is 0 Å². The smallest absolute Gasteiger partial charge is 0.337 e. The highest BCUT2D eigenvalue weighted by atomic mass is 79.9. The molecule has 0 fully saturated rings. The molecule has 0 aliphatic rings. The van der Waals surface area contributed by atoms with Gasteiger partial charge in [0.2, 0.25) is 0 Å². The van der Waals surface area contributed by atoms with E-state index in [0.29, 0.717) is 20.5 Å². The first kappa shape index (κ1) is 10.2. The third kappa shape index (κ3) is 1.74. The topological polar surface area (TPSA) is 30.2 Å². The molecule has 2 rings (SSSR count). The number of fused-ring (bicyclic) bond motifs is 1.